The molecule has 0 saturated carbocycles. The molecular formula is C25H25N5O4. The van der Waals surface area contributed by atoms with Crippen LogP contribution in [0.4, 0.5) is 11.4 Å². The monoisotopic (exact) mass is 459 g/mol. The van der Waals surface area contributed by atoms with E-state index in [9.17, 15) is 14.4 Å². The SMILES string of the molecule is COc1ccc(NC(=O)c2ccc3nn(CC(=O)Nc4ccc(C(C)C)cc4)c(=O)n3c2)cc1. The predicted molar refractivity (Wildman–Crippen MR) is 130 cm³/mol. The minimum atomic E-state index is -0.514. The van der Waals surface area contributed by atoms with Gasteiger partial charge in [-0.15, -0.1) is 5.10 Å². The molecule has 4 rings (SSSR count). The van der Waals surface area contributed by atoms with Crippen LogP contribution >= 0.6 is 0 Å². The van der Waals surface area contributed by atoms with Crippen molar-refractivity contribution < 1.29 is 14.3 Å². The number of aromatic nitrogens is 3. The zero-order valence-corrected chi connectivity index (χ0v) is 19.1. The predicted octanol–water partition coefficient (Wildman–Crippen LogP) is 3.52. The lowest BCUT2D eigenvalue weighted by molar-refractivity contribution is -0.117. The van der Waals surface area contributed by atoms with Gasteiger partial charge in [0, 0.05) is 17.6 Å². The maximum absolute atomic E-state index is 12.8. The van der Waals surface area contributed by atoms with E-state index < -0.39 is 5.69 Å². The Morgan fingerprint density at radius 2 is 1.59 bits per heavy atom. The molecule has 9 heteroatoms. The summed E-state index contributed by atoms with van der Waals surface area (Å²) in [6, 6.07) is 17.6. The first-order valence-corrected chi connectivity index (χ1v) is 10.8. The van der Waals surface area contributed by atoms with Crippen molar-refractivity contribution in [2.45, 2.75) is 26.3 Å². The zero-order valence-electron chi connectivity index (χ0n) is 19.1. The van der Waals surface area contributed by atoms with Gasteiger partial charge in [-0.1, -0.05) is 26.0 Å². The van der Waals surface area contributed by atoms with Crippen LogP contribution in [0.5, 0.6) is 5.75 Å². The van der Waals surface area contributed by atoms with Gasteiger partial charge >= 0.3 is 5.69 Å². The number of fused-ring (bicyclic) bond motifs is 1. The van der Waals surface area contributed by atoms with Crippen LogP contribution in [0, 0.1) is 0 Å². The third-order valence-electron chi connectivity index (χ3n) is 5.34. The molecule has 0 aliphatic carbocycles. The maximum atomic E-state index is 12.8. The van der Waals surface area contributed by atoms with Crippen molar-refractivity contribution in [2.75, 3.05) is 17.7 Å². The molecule has 2 heterocycles. The van der Waals surface area contributed by atoms with Gasteiger partial charge in [0.1, 0.15) is 12.3 Å². The zero-order chi connectivity index (χ0) is 24.2. The third kappa shape index (κ3) is 4.98. The Bertz CT molecular complexity index is 1390. The molecule has 0 saturated heterocycles. The average Bonchev–Trinajstić information content (AvgIpc) is 3.14. The van der Waals surface area contributed by atoms with Crippen LogP contribution in [0.2, 0.25) is 0 Å². The number of carbonyl (C=O) groups is 2. The lowest BCUT2D eigenvalue weighted by atomic mass is 10.0. The van der Waals surface area contributed by atoms with Crippen LogP contribution in [-0.4, -0.2) is 33.1 Å². The molecule has 2 aromatic carbocycles. The van der Waals surface area contributed by atoms with Crippen molar-refractivity contribution >= 4 is 28.8 Å². The summed E-state index contributed by atoms with van der Waals surface area (Å²) in [6.45, 7) is 3.94. The number of rotatable bonds is 7. The highest BCUT2D eigenvalue weighted by molar-refractivity contribution is 6.04. The quantitative estimate of drug-likeness (QED) is 0.440. The van der Waals surface area contributed by atoms with Crippen molar-refractivity contribution in [1.82, 2.24) is 14.2 Å². The molecule has 0 unspecified atom stereocenters. The fourth-order valence-electron chi connectivity index (χ4n) is 3.42. The molecular weight excluding hydrogens is 434 g/mol. The Hall–Kier alpha value is -4.40. The van der Waals surface area contributed by atoms with Gasteiger partial charge in [0.25, 0.3) is 5.91 Å². The molecule has 34 heavy (non-hydrogen) atoms. The van der Waals surface area contributed by atoms with Crippen molar-refractivity contribution in [3.8, 4) is 5.75 Å². The first kappa shape index (κ1) is 22.8. The molecule has 0 atom stereocenters. The highest BCUT2D eigenvalue weighted by atomic mass is 16.5. The van der Waals surface area contributed by atoms with Crippen LogP contribution in [0.25, 0.3) is 5.65 Å². The summed E-state index contributed by atoms with van der Waals surface area (Å²) in [4.78, 5) is 37.9. The van der Waals surface area contributed by atoms with E-state index in [1.54, 1.807) is 43.5 Å². The van der Waals surface area contributed by atoms with E-state index in [1.807, 2.05) is 24.3 Å². The molecule has 2 aromatic heterocycles. The first-order chi connectivity index (χ1) is 16.3. The van der Waals surface area contributed by atoms with E-state index in [1.165, 1.54) is 16.2 Å². The van der Waals surface area contributed by atoms with Crippen LogP contribution in [0.1, 0.15) is 35.7 Å². The van der Waals surface area contributed by atoms with E-state index in [-0.39, 0.29) is 23.9 Å². The number of carbonyl (C=O) groups excluding carboxylic acids is 2. The Morgan fingerprint density at radius 1 is 0.941 bits per heavy atom. The van der Waals surface area contributed by atoms with Crippen molar-refractivity contribution in [3.05, 3.63) is 88.5 Å². The summed E-state index contributed by atoms with van der Waals surface area (Å²) in [6.07, 6.45) is 1.41. The largest absolute Gasteiger partial charge is 0.497 e. The molecule has 0 spiro atoms. The van der Waals surface area contributed by atoms with Gasteiger partial charge in [-0.05, 0) is 60.0 Å². The minimum Gasteiger partial charge on any atom is -0.497 e. The fraction of sp³-hybridized carbons (Fsp3) is 0.200. The van der Waals surface area contributed by atoms with Gasteiger partial charge in [-0.2, -0.15) is 0 Å². The Morgan fingerprint density at radius 3 is 2.24 bits per heavy atom. The summed E-state index contributed by atoms with van der Waals surface area (Å²) < 4.78 is 7.42. The lowest BCUT2D eigenvalue weighted by Gasteiger charge is -2.08. The smallest absolute Gasteiger partial charge is 0.350 e. The standard InChI is InChI=1S/C25H25N5O4/c1-16(2)17-4-7-19(8-5-17)26-23(31)15-30-25(33)29-14-18(6-13-22(29)28-30)24(32)27-20-9-11-21(34-3)12-10-20/h4-14,16H,15H2,1-3H3,(H,26,31)(H,27,32). The molecule has 0 bridgehead atoms. The highest BCUT2D eigenvalue weighted by Crippen LogP contribution is 2.18. The van der Waals surface area contributed by atoms with Crippen LogP contribution in [0.15, 0.2) is 71.7 Å². The van der Waals surface area contributed by atoms with Gasteiger partial charge in [0.15, 0.2) is 5.65 Å². The second kappa shape index (κ2) is 9.62. The Balaban J connectivity index is 1.47. The summed E-state index contributed by atoms with van der Waals surface area (Å²) >= 11 is 0. The van der Waals surface area contributed by atoms with Crippen LogP contribution in [0.3, 0.4) is 0 Å². The number of methoxy groups -OCH3 is 1. The first-order valence-electron chi connectivity index (χ1n) is 10.8. The van der Waals surface area contributed by atoms with E-state index in [4.69, 9.17) is 4.74 Å². The lowest BCUT2D eigenvalue weighted by Crippen LogP contribution is -2.28. The number of ether oxygens (including phenoxy) is 1. The second-order valence-corrected chi connectivity index (χ2v) is 8.09. The molecule has 0 aliphatic rings. The molecule has 0 aliphatic heterocycles. The molecule has 2 N–H and O–H groups in total. The van der Waals surface area contributed by atoms with E-state index in [0.29, 0.717) is 28.7 Å². The molecule has 174 valence electrons. The van der Waals surface area contributed by atoms with Gasteiger partial charge in [-0.25, -0.2) is 13.9 Å². The van der Waals surface area contributed by atoms with Crippen molar-refractivity contribution in [1.29, 1.82) is 0 Å². The number of nitrogens with zero attached hydrogens (tertiary/aromatic N) is 3. The normalized spacial score (nSPS) is 10.9. The highest BCUT2D eigenvalue weighted by Gasteiger charge is 2.14. The van der Waals surface area contributed by atoms with Crippen molar-refractivity contribution in [2.24, 2.45) is 0 Å². The number of nitrogens with one attached hydrogen (secondary N) is 2. The number of amides is 2. The van der Waals surface area contributed by atoms with E-state index in [2.05, 4.69) is 29.6 Å². The molecule has 2 amide bonds. The number of hydrogen-bond acceptors (Lipinski definition) is 5. The van der Waals surface area contributed by atoms with Crippen LogP contribution < -0.4 is 21.1 Å². The minimum absolute atomic E-state index is 0.250. The number of benzene rings is 2. The summed E-state index contributed by atoms with van der Waals surface area (Å²) in [5.74, 6) is 0.314. The molecule has 0 radical (unpaired) electrons. The number of anilines is 2. The molecule has 0 fully saturated rings. The Kier molecular flexibility index (Phi) is 6.44. The van der Waals surface area contributed by atoms with Gasteiger partial charge in [0.05, 0.1) is 12.7 Å². The topological polar surface area (TPSA) is 107 Å². The Labute approximate surface area is 196 Å². The van der Waals surface area contributed by atoms with E-state index in [0.717, 1.165) is 4.68 Å². The third-order valence-corrected chi connectivity index (χ3v) is 5.34. The number of pyridine rings is 1. The average molecular weight is 460 g/mol. The summed E-state index contributed by atoms with van der Waals surface area (Å²) in [5, 5.41) is 9.74. The summed E-state index contributed by atoms with van der Waals surface area (Å²) in [7, 11) is 1.56. The van der Waals surface area contributed by atoms with Crippen LogP contribution in [-0.2, 0) is 11.3 Å². The maximum Gasteiger partial charge on any atom is 0.350 e. The fourth-order valence-corrected chi connectivity index (χ4v) is 3.42. The van der Waals surface area contributed by atoms with Gasteiger partial charge < -0.3 is 15.4 Å². The molecule has 9 nitrogen and oxygen atoms in total. The molecule has 4 aromatic rings. The van der Waals surface area contributed by atoms with Gasteiger partial charge in [0.2, 0.25) is 5.91 Å². The van der Waals surface area contributed by atoms with Gasteiger partial charge in [-0.3, -0.25) is 9.59 Å². The van der Waals surface area contributed by atoms with Crippen molar-refractivity contribution in [3.63, 3.8) is 0 Å². The second-order valence-electron chi connectivity index (χ2n) is 8.09. The number of hydrogen-bond donors (Lipinski definition) is 2. The van der Waals surface area contributed by atoms with E-state index >= 15 is 0 Å². The summed E-state index contributed by atoms with van der Waals surface area (Å²) in [5.41, 5.74) is 2.50.